The number of hydrogen-bond acceptors (Lipinski definition) is 2. The number of rotatable bonds is 6. The number of ether oxygens (including phenoxy) is 1. The van der Waals surface area contributed by atoms with Crippen molar-refractivity contribution in [3.8, 4) is 5.75 Å². The predicted octanol–water partition coefficient (Wildman–Crippen LogP) is 4.73. The van der Waals surface area contributed by atoms with Crippen molar-refractivity contribution >= 4 is 0 Å². The molecule has 0 aliphatic carbocycles. The van der Waals surface area contributed by atoms with E-state index >= 15 is 0 Å². The van der Waals surface area contributed by atoms with Gasteiger partial charge in [0.15, 0.2) is 0 Å². The zero-order valence-corrected chi connectivity index (χ0v) is 14.2. The number of nitrogens with one attached hydrogen (secondary N) is 1. The first-order chi connectivity index (χ1) is 9.26. The van der Waals surface area contributed by atoms with Crippen molar-refractivity contribution in [3.63, 3.8) is 0 Å². The second-order valence-corrected chi connectivity index (χ2v) is 7.17. The van der Waals surface area contributed by atoms with Gasteiger partial charge in [0.2, 0.25) is 0 Å². The molecule has 0 saturated carbocycles. The quantitative estimate of drug-likeness (QED) is 0.812. The molecule has 1 aromatic carbocycles. The van der Waals surface area contributed by atoms with Crippen LogP contribution in [0.1, 0.15) is 57.7 Å². The van der Waals surface area contributed by atoms with E-state index < -0.39 is 0 Å². The zero-order chi connectivity index (χ0) is 15.3. The van der Waals surface area contributed by atoms with Crippen molar-refractivity contribution in [3.05, 3.63) is 29.3 Å². The molecule has 0 aliphatic rings. The third-order valence-corrected chi connectivity index (χ3v) is 3.80. The van der Waals surface area contributed by atoms with Crippen molar-refractivity contribution in [1.82, 2.24) is 5.32 Å². The second kappa shape index (κ2) is 7.12. The van der Waals surface area contributed by atoms with Crippen molar-refractivity contribution in [1.29, 1.82) is 0 Å². The van der Waals surface area contributed by atoms with Crippen molar-refractivity contribution in [2.45, 2.75) is 53.5 Å². The highest BCUT2D eigenvalue weighted by Gasteiger charge is 2.20. The standard InChI is InChI=1S/C18H31NO/c1-13(12-18(3,4)5)10-17(19-6)16-9-8-15(20-7)11-14(16)2/h8-9,11,13,17,19H,10,12H2,1-7H3. The van der Waals surface area contributed by atoms with Gasteiger partial charge < -0.3 is 10.1 Å². The summed E-state index contributed by atoms with van der Waals surface area (Å²) in [6.45, 7) is 11.5. The fourth-order valence-electron chi connectivity index (χ4n) is 3.10. The Morgan fingerprint density at radius 3 is 2.35 bits per heavy atom. The molecule has 0 spiro atoms. The molecular weight excluding hydrogens is 246 g/mol. The van der Waals surface area contributed by atoms with Crippen LogP contribution in [0.3, 0.4) is 0 Å². The highest BCUT2D eigenvalue weighted by atomic mass is 16.5. The number of methoxy groups -OCH3 is 1. The highest BCUT2D eigenvalue weighted by molar-refractivity contribution is 5.36. The lowest BCUT2D eigenvalue weighted by Crippen LogP contribution is -2.22. The van der Waals surface area contributed by atoms with Gasteiger partial charge in [-0.25, -0.2) is 0 Å². The van der Waals surface area contributed by atoms with Crippen molar-refractivity contribution in [2.24, 2.45) is 11.3 Å². The molecule has 2 atom stereocenters. The monoisotopic (exact) mass is 277 g/mol. The zero-order valence-electron chi connectivity index (χ0n) is 14.2. The first-order valence-corrected chi connectivity index (χ1v) is 7.58. The van der Waals surface area contributed by atoms with E-state index in [1.165, 1.54) is 24.0 Å². The van der Waals surface area contributed by atoms with Crippen LogP contribution in [0.4, 0.5) is 0 Å². The van der Waals surface area contributed by atoms with Crippen LogP contribution in [0.15, 0.2) is 18.2 Å². The molecule has 2 heteroatoms. The maximum atomic E-state index is 5.29. The summed E-state index contributed by atoms with van der Waals surface area (Å²) in [5.41, 5.74) is 3.08. The molecule has 114 valence electrons. The minimum Gasteiger partial charge on any atom is -0.497 e. The Morgan fingerprint density at radius 2 is 1.90 bits per heavy atom. The van der Waals surface area contributed by atoms with Crippen LogP contribution in [0.25, 0.3) is 0 Å². The van der Waals surface area contributed by atoms with Gasteiger partial charge in [-0.1, -0.05) is 33.8 Å². The minimum absolute atomic E-state index is 0.395. The van der Waals surface area contributed by atoms with Crippen LogP contribution in [0.5, 0.6) is 5.75 Å². The van der Waals surface area contributed by atoms with E-state index in [0.717, 1.165) is 5.75 Å². The summed E-state index contributed by atoms with van der Waals surface area (Å²) in [5.74, 6) is 1.64. The molecule has 0 aromatic heterocycles. The largest absolute Gasteiger partial charge is 0.497 e. The highest BCUT2D eigenvalue weighted by Crippen LogP contribution is 2.32. The van der Waals surface area contributed by atoms with Crippen LogP contribution in [0, 0.1) is 18.3 Å². The van der Waals surface area contributed by atoms with Gasteiger partial charge in [-0.15, -0.1) is 0 Å². The van der Waals surface area contributed by atoms with Crippen LogP contribution >= 0.6 is 0 Å². The molecule has 0 amide bonds. The fraction of sp³-hybridized carbons (Fsp3) is 0.667. The van der Waals surface area contributed by atoms with Crippen LogP contribution < -0.4 is 10.1 Å². The molecule has 0 aliphatic heterocycles. The lowest BCUT2D eigenvalue weighted by molar-refractivity contribution is 0.278. The van der Waals surface area contributed by atoms with Crippen LogP contribution in [-0.2, 0) is 0 Å². The summed E-state index contributed by atoms with van der Waals surface area (Å²) >= 11 is 0. The Labute approximate surface area is 124 Å². The van der Waals surface area contributed by atoms with Gasteiger partial charge in [0.25, 0.3) is 0 Å². The summed E-state index contributed by atoms with van der Waals surface area (Å²) in [4.78, 5) is 0. The van der Waals surface area contributed by atoms with E-state index in [4.69, 9.17) is 4.74 Å². The third kappa shape index (κ3) is 5.16. The van der Waals surface area contributed by atoms with Crippen molar-refractivity contribution < 1.29 is 4.74 Å². The van der Waals surface area contributed by atoms with Gasteiger partial charge in [0.1, 0.15) is 5.75 Å². The molecule has 0 bridgehead atoms. The smallest absolute Gasteiger partial charge is 0.119 e. The summed E-state index contributed by atoms with van der Waals surface area (Å²) in [6.07, 6.45) is 2.42. The topological polar surface area (TPSA) is 21.3 Å². The van der Waals surface area contributed by atoms with Gasteiger partial charge >= 0.3 is 0 Å². The van der Waals surface area contributed by atoms with E-state index in [1.807, 2.05) is 0 Å². The Kier molecular flexibility index (Phi) is 6.07. The molecule has 1 N–H and O–H groups in total. The lowest BCUT2D eigenvalue weighted by atomic mass is 9.81. The summed E-state index contributed by atoms with van der Waals surface area (Å²) < 4.78 is 5.29. The molecule has 2 unspecified atom stereocenters. The molecule has 1 rings (SSSR count). The Morgan fingerprint density at radius 1 is 1.25 bits per heavy atom. The SMILES string of the molecule is CNC(CC(C)CC(C)(C)C)c1ccc(OC)cc1C. The maximum Gasteiger partial charge on any atom is 0.119 e. The minimum atomic E-state index is 0.395. The predicted molar refractivity (Wildman–Crippen MR) is 87.4 cm³/mol. The normalized spacial score (nSPS) is 14.9. The van der Waals surface area contributed by atoms with E-state index in [2.05, 4.69) is 65.2 Å². The van der Waals surface area contributed by atoms with Gasteiger partial charge in [-0.2, -0.15) is 0 Å². The average molecular weight is 277 g/mol. The van der Waals surface area contributed by atoms with Gasteiger partial charge in [0.05, 0.1) is 7.11 Å². The molecule has 0 heterocycles. The Hall–Kier alpha value is -1.02. The van der Waals surface area contributed by atoms with E-state index in [1.54, 1.807) is 7.11 Å². The molecule has 0 fully saturated rings. The van der Waals surface area contributed by atoms with Gasteiger partial charge in [0, 0.05) is 6.04 Å². The van der Waals surface area contributed by atoms with Gasteiger partial charge in [-0.3, -0.25) is 0 Å². The second-order valence-electron chi connectivity index (χ2n) is 7.17. The number of aryl methyl sites for hydroxylation is 1. The van der Waals surface area contributed by atoms with Gasteiger partial charge in [-0.05, 0) is 61.4 Å². The summed E-state index contributed by atoms with van der Waals surface area (Å²) in [6, 6.07) is 6.78. The average Bonchev–Trinajstić information content (AvgIpc) is 2.34. The molecule has 0 radical (unpaired) electrons. The lowest BCUT2D eigenvalue weighted by Gasteiger charge is -2.27. The van der Waals surface area contributed by atoms with E-state index in [0.29, 0.717) is 17.4 Å². The molecular formula is C18H31NO. The summed E-state index contributed by atoms with van der Waals surface area (Å²) in [5, 5.41) is 3.47. The first kappa shape index (κ1) is 17.0. The summed E-state index contributed by atoms with van der Waals surface area (Å²) in [7, 11) is 3.77. The van der Waals surface area contributed by atoms with E-state index in [-0.39, 0.29) is 0 Å². The van der Waals surface area contributed by atoms with E-state index in [9.17, 15) is 0 Å². The third-order valence-electron chi connectivity index (χ3n) is 3.80. The Bertz CT molecular complexity index is 420. The molecule has 2 nitrogen and oxygen atoms in total. The number of hydrogen-bond donors (Lipinski definition) is 1. The van der Waals surface area contributed by atoms with Crippen LogP contribution in [-0.4, -0.2) is 14.2 Å². The number of benzene rings is 1. The maximum absolute atomic E-state index is 5.29. The Balaban J connectivity index is 2.80. The first-order valence-electron chi connectivity index (χ1n) is 7.58. The fourth-order valence-corrected chi connectivity index (χ4v) is 3.10. The molecule has 0 saturated heterocycles. The molecule has 1 aromatic rings. The molecule has 20 heavy (non-hydrogen) atoms. The van der Waals surface area contributed by atoms with Crippen LogP contribution in [0.2, 0.25) is 0 Å². The van der Waals surface area contributed by atoms with Crippen molar-refractivity contribution in [2.75, 3.05) is 14.2 Å².